The molecule has 11 heteroatoms. The molecule has 2 aromatic rings. The molecule has 0 spiro atoms. The minimum atomic E-state index is -4.06. The Labute approximate surface area is 194 Å². The highest BCUT2D eigenvalue weighted by atomic mass is 32.2. The van der Waals surface area contributed by atoms with Gasteiger partial charge in [-0.2, -0.15) is 0 Å². The number of rotatable bonds is 7. The van der Waals surface area contributed by atoms with Gasteiger partial charge in [-0.1, -0.05) is 30.3 Å². The Balaban J connectivity index is 1.72. The Hall–Kier alpha value is -2.50. The fraction of sp³-hybridized carbons (Fsp3) is 0.435. The Morgan fingerprint density at radius 3 is 2.53 bits per heavy atom. The maximum Gasteiger partial charge on any atom is 0.283 e. The van der Waals surface area contributed by atoms with E-state index in [0.717, 1.165) is 11.0 Å². The van der Waals surface area contributed by atoms with Crippen LogP contribution in [0.4, 0.5) is 17.6 Å². The van der Waals surface area contributed by atoms with Crippen molar-refractivity contribution < 1.29 is 35.5 Å². The third-order valence-corrected chi connectivity index (χ3v) is 7.58. The molecule has 1 amide bonds. The molecule has 0 saturated carbocycles. The molecular weight excluding hydrogens is 476 g/mol. The molecule has 0 aromatic heterocycles. The number of benzene rings is 2. The Morgan fingerprint density at radius 2 is 1.91 bits per heavy atom. The average molecular weight is 501 g/mol. The van der Waals surface area contributed by atoms with Gasteiger partial charge in [0.15, 0.2) is 0 Å². The van der Waals surface area contributed by atoms with Crippen molar-refractivity contribution in [3.05, 3.63) is 59.7 Å². The first kappa shape index (κ1) is 24.6. The maximum atomic E-state index is 15.5. The second kappa shape index (κ2) is 9.27. The van der Waals surface area contributed by atoms with Gasteiger partial charge in [-0.05, 0) is 36.6 Å². The van der Waals surface area contributed by atoms with Crippen molar-refractivity contribution in [2.75, 3.05) is 18.9 Å². The summed E-state index contributed by atoms with van der Waals surface area (Å²) in [4.78, 5) is 13.8. The number of hydrogen-bond donors (Lipinski definition) is 1. The van der Waals surface area contributed by atoms with E-state index in [0.29, 0.717) is 13.0 Å². The van der Waals surface area contributed by atoms with Gasteiger partial charge in [0.1, 0.15) is 23.8 Å². The van der Waals surface area contributed by atoms with Gasteiger partial charge in [0.05, 0.1) is 24.9 Å². The molecule has 0 bridgehead atoms. The molecule has 3 atom stereocenters. The summed E-state index contributed by atoms with van der Waals surface area (Å²) in [6.07, 6.45) is -0.897. The molecule has 4 rings (SSSR count). The number of alkyl halides is 2. The monoisotopic (exact) mass is 500 g/mol. The maximum absolute atomic E-state index is 15.5. The number of hydrogen-bond acceptors (Lipinski definition) is 4. The number of amides is 1. The molecule has 34 heavy (non-hydrogen) atoms. The number of ether oxygens (including phenoxy) is 1. The largest absolute Gasteiger partial charge is 0.368 e. The number of nitrogens with zero attached hydrogens (tertiary/aromatic N) is 1. The highest BCUT2D eigenvalue weighted by Crippen LogP contribution is 2.37. The highest BCUT2D eigenvalue weighted by molar-refractivity contribution is 7.89. The molecule has 2 aliphatic rings. The van der Waals surface area contributed by atoms with Gasteiger partial charge >= 0.3 is 0 Å². The van der Waals surface area contributed by atoms with E-state index in [1.54, 1.807) is 0 Å². The number of sulfonamides is 1. The molecule has 2 aromatic carbocycles. The van der Waals surface area contributed by atoms with Crippen LogP contribution < -0.4 is 4.72 Å². The quantitative estimate of drug-likeness (QED) is 0.593. The van der Waals surface area contributed by atoms with Crippen LogP contribution in [0.15, 0.2) is 42.5 Å². The van der Waals surface area contributed by atoms with Crippen LogP contribution in [0.3, 0.4) is 0 Å². The lowest BCUT2D eigenvalue weighted by Gasteiger charge is -2.34. The van der Waals surface area contributed by atoms with Crippen molar-refractivity contribution in [1.82, 2.24) is 9.62 Å². The van der Waals surface area contributed by atoms with Gasteiger partial charge in [0.25, 0.3) is 11.8 Å². The summed E-state index contributed by atoms with van der Waals surface area (Å²) in [5.74, 6) is -6.02. The lowest BCUT2D eigenvalue weighted by molar-refractivity contribution is -0.158. The number of nitrogens with one attached hydrogen (secondary N) is 1. The molecule has 184 valence electrons. The second-order valence-electron chi connectivity index (χ2n) is 8.43. The van der Waals surface area contributed by atoms with E-state index in [1.807, 2.05) is 4.72 Å². The summed E-state index contributed by atoms with van der Waals surface area (Å²) in [5.41, 5.74) is 0.320. The molecule has 2 saturated heterocycles. The van der Waals surface area contributed by atoms with Crippen molar-refractivity contribution in [3.63, 3.8) is 0 Å². The van der Waals surface area contributed by atoms with Crippen LogP contribution in [0, 0.1) is 11.6 Å². The minimum absolute atomic E-state index is 0.00233. The van der Waals surface area contributed by atoms with Crippen LogP contribution >= 0.6 is 0 Å². The Morgan fingerprint density at radius 1 is 1.21 bits per heavy atom. The fourth-order valence-corrected chi connectivity index (χ4v) is 5.16. The van der Waals surface area contributed by atoms with Gasteiger partial charge in [-0.3, -0.25) is 4.79 Å². The van der Waals surface area contributed by atoms with Gasteiger partial charge < -0.3 is 9.64 Å². The van der Waals surface area contributed by atoms with E-state index in [1.165, 1.54) is 43.3 Å². The lowest BCUT2D eigenvalue weighted by Crippen LogP contribution is -2.54. The number of carbonyl (C=O) groups is 1. The van der Waals surface area contributed by atoms with Crippen molar-refractivity contribution in [1.29, 1.82) is 0 Å². The summed E-state index contributed by atoms with van der Waals surface area (Å²) >= 11 is 0. The van der Waals surface area contributed by atoms with Gasteiger partial charge in [0, 0.05) is 12.0 Å². The van der Waals surface area contributed by atoms with E-state index in [9.17, 15) is 17.6 Å². The molecule has 1 unspecified atom stereocenters. The molecular formula is C23H24F4N2O4S. The summed E-state index contributed by atoms with van der Waals surface area (Å²) < 4.78 is 90.7. The zero-order chi connectivity index (χ0) is 24.7. The third kappa shape index (κ3) is 4.82. The smallest absolute Gasteiger partial charge is 0.283 e. The first-order chi connectivity index (χ1) is 16.0. The van der Waals surface area contributed by atoms with Crippen LogP contribution in [0.2, 0.25) is 0 Å². The van der Waals surface area contributed by atoms with Crippen molar-refractivity contribution in [3.8, 4) is 11.1 Å². The predicted molar refractivity (Wildman–Crippen MR) is 117 cm³/mol. The molecule has 1 N–H and O–H groups in total. The minimum Gasteiger partial charge on any atom is -0.368 e. The molecule has 0 aliphatic carbocycles. The van der Waals surface area contributed by atoms with Crippen LogP contribution in [0.25, 0.3) is 11.1 Å². The number of carbonyl (C=O) groups excluding carboxylic acids is 1. The van der Waals surface area contributed by atoms with Crippen molar-refractivity contribution in [2.45, 2.75) is 43.9 Å². The summed E-state index contributed by atoms with van der Waals surface area (Å²) in [7, 11) is -4.06. The van der Waals surface area contributed by atoms with E-state index < -0.39 is 64.0 Å². The summed E-state index contributed by atoms with van der Waals surface area (Å²) in [6, 6.07) is 6.29. The average Bonchev–Trinajstić information content (AvgIpc) is 2.98. The Bertz CT molecular complexity index is 1190. The molecule has 0 radical (unpaired) electrons. The first-order valence-electron chi connectivity index (χ1n) is 10.9. The zero-order valence-electron chi connectivity index (χ0n) is 18.3. The predicted octanol–water partition coefficient (Wildman–Crippen LogP) is 3.12. The zero-order valence-corrected chi connectivity index (χ0v) is 19.1. The van der Waals surface area contributed by atoms with Crippen molar-refractivity contribution >= 4 is 15.9 Å². The van der Waals surface area contributed by atoms with E-state index >= 15 is 13.2 Å². The first-order valence-corrected chi connectivity index (χ1v) is 12.5. The SMILES string of the molecule is CCS(=O)(=O)N[C@@H]1[C@H](Cc2cccc(-c3cccc(F)c3)c2F)N(C(=O)C2CCO2)CC1(F)F. The summed E-state index contributed by atoms with van der Waals surface area (Å²) in [5, 5.41) is 0. The third-order valence-electron chi connectivity index (χ3n) is 6.21. The van der Waals surface area contributed by atoms with E-state index in [2.05, 4.69) is 0 Å². The van der Waals surface area contributed by atoms with Crippen molar-refractivity contribution in [2.24, 2.45) is 0 Å². The van der Waals surface area contributed by atoms with Gasteiger partial charge in [0.2, 0.25) is 10.0 Å². The van der Waals surface area contributed by atoms with Crippen LogP contribution in [-0.4, -0.2) is 62.2 Å². The normalized spacial score (nSPS) is 24.1. The number of halogens is 4. The second-order valence-corrected chi connectivity index (χ2v) is 10.5. The van der Waals surface area contributed by atoms with Crippen LogP contribution in [0.5, 0.6) is 0 Å². The van der Waals surface area contributed by atoms with Crippen LogP contribution in [-0.2, 0) is 26.0 Å². The lowest BCUT2D eigenvalue weighted by atomic mass is 9.95. The molecule has 2 aliphatic heterocycles. The number of likely N-dealkylation sites (tertiary alicyclic amines) is 1. The van der Waals surface area contributed by atoms with E-state index in [-0.39, 0.29) is 23.1 Å². The summed E-state index contributed by atoms with van der Waals surface area (Å²) in [6.45, 7) is 0.609. The van der Waals surface area contributed by atoms with Crippen LogP contribution in [0.1, 0.15) is 18.9 Å². The van der Waals surface area contributed by atoms with Gasteiger partial charge in [-0.15, -0.1) is 0 Å². The standard InChI is InChI=1S/C23H24F4N2O4S/c1-2-34(31,32)28-21-18(29(13-23(21,26)27)22(30)19-9-10-33-19)12-15-6-4-8-17(20(15)25)14-5-3-7-16(24)11-14/h3-8,11,18-19,21,28H,2,9-10,12-13H2,1H3/t18-,19?,21+/m0/s1. The fourth-order valence-electron chi connectivity index (χ4n) is 4.27. The molecule has 2 heterocycles. The molecule has 6 nitrogen and oxygen atoms in total. The van der Waals surface area contributed by atoms with Gasteiger partial charge in [-0.25, -0.2) is 30.7 Å². The topological polar surface area (TPSA) is 75.7 Å². The molecule has 2 fully saturated rings. The Kier molecular flexibility index (Phi) is 6.71. The highest BCUT2D eigenvalue weighted by Gasteiger charge is 2.58. The van der Waals surface area contributed by atoms with E-state index in [4.69, 9.17) is 4.74 Å².